The standard InChI is InChI=1S/C12H17N2/c1-11(2)5-6-12(3)9-14-8-7-13(4)10-14/h5-8,10H,1,3,9H2,2,4H3/q+1/b6-5-. The second-order valence-corrected chi connectivity index (χ2v) is 3.59. The number of rotatable bonds is 4. The molecule has 2 heteroatoms. The van der Waals surface area contributed by atoms with Gasteiger partial charge < -0.3 is 0 Å². The maximum absolute atomic E-state index is 3.97. The third-order valence-corrected chi connectivity index (χ3v) is 1.81. The first-order valence-corrected chi connectivity index (χ1v) is 4.60. The van der Waals surface area contributed by atoms with Crippen molar-refractivity contribution in [3.05, 3.63) is 55.2 Å². The van der Waals surface area contributed by atoms with E-state index in [2.05, 4.69) is 17.7 Å². The molecule has 0 saturated heterocycles. The lowest BCUT2D eigenvalue weighted by atomic mass is 10.2. The normalized spacial score (nSPS) is 10.7. The van der Waals surface area contributed by atoms with Crippen LogP contribution in [0.3, 0.4) is 0 Å². The molecule has 0 saturated carbocycles. The lowest BCUT2D eigenvalue weighted by molar-refractivity contribution is -0.671. The van der Waals surface area contributed by atoms with Gasteiger partial charge in [-0.05, 0) is 12.5 Å². The summed E-state index contributed by atoms with van der Waals surface area (Å²) in [5.41, 5.74) is 2.12. The van der Waals surface area contributed by atoms with Crippen molar-refractivity contribution in [3.63, 3.8) is 0 Å². The van der Waals surface area contributed by atoms with E-state index in [1.807, 2.05) is 49.4 Å². The summed E-state index contributed by atoms with van der Waals surface area (Å²) in [6, 6.07) is 0. The zero-order valence-corrected chi connectivity index (χ0v) is 8.90. The van der Waals surface area contributed by atoms with Gasteiger partial charge >= 0.3 is 0 Å². The van der Waals surface area contributed by atoms with Crippen molar-refractivity contribution in [1.82, 2.24) is 4.57 Å². The van der Waals surface area contributed by atoms with Gasteiger partial charge in [-0.2, -0.15) is 0 Å². The highest BCUT2D eigenvalue weighted by atomic mass is 15.1. The van der Waals surface area contributed by atoms with Gasteiger partial charge in [0.2, 0.25) is 6.33 Å². The molecule has 0 radical (unpaired) electrons. The summed E-state index contributed by atoms with van der Waals surface area (Å²) in [5, 5.41) is 0. The molecule has 0 aliphatic rings. The fraction of sp³-hybridized carbons (Fsp3) is 0.250. The van der Waals surface area contributed by atoms with E-state index < -0.39 is 0 Å². The lowest BCUT2D eigenvalue weighted by Gasteiger charge is -1.95. The largest absolute Gasteiger partial charge is 0.243 e. The minimum atomic E-state index is 0.824. The Morgan fingerprint density at radius 1 is 1.43 bits per heavy atom. The van der Waals surface area contributed by atoms with Crippen molar-refractivity contribution in [2.75, 3.05) is 0 Å². The number of hydrogen-bond acceptors (Lipinski definition) is 0. The summed E-state index contributed by atoms with van der Waals surface area (Å²) < 4.78 is 4.10. The monoisotopic (exact) mass is 189 g/mol. The first kappa shape index (κ1) is 10.5. The van der Waals surface area contributed by atoms with Gasteiger partial charge in [-0.25, -0.2) is 9.13 Å². The topological polar surface area (TPSA) is 8.81 Å². The predicted molar refractivity (Wildman–Crippen MR) is 58.7 cm³/mol. The molecule has 1 rings (SSSR count). The van der Waals surface area contributed by atoms with Crippen LogP contribution in [0.15, 0.2) is 55.2 Å². The van der Waals surface area contributed by atoms with Gasteiger partial charge in [-0.15, -0.1) is 0 Å². The summed E-state index contributed by atoms with van der Waals surface area (Å²) in [6.45, 7) is 10.6. The van der Waals surface area contributed by atoms with Crippen LogP contribution in [0.1, 0.15) is 6.92 Å². The minimum Gasteiger partial charge on any atom is -0.240 e. The molecule has 0 spiro atoms. The van der Waals surface area contributed by atoms with Crippen LogP contribution in [0.5, 0.6) is 0 Å². The Kier molecular flexibility index (Phi) is 3.46. The molecule has 0 aliphatic heterocycles. The predicted octanol–water partition coefficient (Wildman–Crippen LogP) is 2.00. The minimum absolute atomic E-state index is 0.824. The van der Waals surface area contributed by atoms with Crippen molar-refractivity contribution >= 4 is 0 Å². The van der Waals surface area contributed by atoms with Gasteiger partial charge in [0, 0.05) is 0 Å². The molecular formula is C12H17N2+. The SMILES string of the molecule is C=C(C)/C=C\C(=C)Cn1cc[n+](C)c1. The lowest BCUT2D eigenvalue weighted by Crippen LogP contribution is -2.23. The van der Waals surface area contributed by atoms with E-state index in [1.165, 1.54) is 0 Å². The number of hydrogen-bond donors (Lipinski definition) is 0. The maximum Gasteiger partial charge on any atom is 0.243 e. The van der Waals surface area contributed by atoms with Gasteiger partial charge in [0.05, 0.1) is 7.05 Å². The third-order valence-electron chi connectivity index (χ3n) is 1.81. The molecule has 0 unspecified atom stereocenters. The number of nitrogens with zero attached hydrogens (tertiary/aromatic N) is 2. The molecular weight excluding hydrogens is 172 g/mol. The molecule has 0 aliphatic carbocycles. The van der Waals surface area contributed by atoms with Crippen LogP contribution in [0.2, 0.25) is 0 Å². The molecule has 1 heterocycles. The van der Waals surface area contributed by atoms with Crippen molar-refractivity contribution < 1.29 is 4.57 Å². The van der Waals surface area contributed by atoms with E-state index in [9.17, 15) is 0 Å². The second-order valence-electron chi connectivity index (χ2n) is 3.59. The number of aromatic nitrogens is 2. The first-order valence-electron chi connectivity index (χ1n) is 4.60. The van der Waals surface area contributed by atoms with E-state index in [0.29, 0.717) is 0 Å². The Balaban J connectivity index is 2.53. The van der Waals surface area contributed by atoms with Crippen molar-refractivity contribution in [3.8, 4) is 0 Å². The molecule has 0 aromatic carbocycles. The summed E-state index contributed by atoms with van der Waals surface area (Å²) in [4.78, 5) is 0. The number of aryl methyl sites for hydroxylation is 1. The highest BCUT2D eigenvalue weighted by molar-refractivity contribution is 5.22. The Morgan fingerprint density at radius 3 is 2.64 bits per heavy atom. The average molecular weight is 189 g/mol. The van der Waals surface area contributed by atoms with Gasteiger partial charge in [-0.1, -0.05) is 30.9 Å². The van der Waals surface area contributed by atoms with E-state index in [-0.39, 0.29) is 0 Å². The van der Waals surface area contributed by atoms with Crippen LogP contribution >= 0.6 is 0 Å². The molecule has 2 nitrogen and oxygen atoms in total. The van der Waals surface area contributed by atoms with Crippen LogP contribution < -0.4 is 4.57 Å². The zero-order valence-electron chi connectivity index (χ0n) is 8.90. The molecule has 74 valence electrons. The van der Waals surface area contributed by atoms with E-state index in [1.54, 1.807) is 0 Å². The fourth-order valence-electron chi connectivity index (χ4n) is 1.14. The van der Waals surface area contributed by atoms with Crippen LogP contribution in [-0.4, -0.2) is 4.57 Å². The third kappa shape index (κ3) is 3.44. The maximum atomic E-state index is 3.97. The Bertz CT molecular complexity index is 369. The Labute approximate surface area is 85.5 Å². The molecule has 0 fully saturated rings. The quantitative estimate of drug-likeness (QED) is 0.506. The average Bonchev–Trinajstić information content (AvgIpc) is 2.48. The molecule has 0 amide bonds. The van der Waals surface area contributed by atoms with Crippen LogP contribution in [0, 0.1) is 0 Å². The summed E-state index contributed by atoms with van der Waals surface area (Å²) >= 11 is 0. The summed E-state index contributed by atoms with van der Waals surface area (Å²) in [6.07, 6.45) is 10.0. The van der Waals surface area contributed by atoms with Gasteiger partial charge in [0.25, 0.3) is 0 Å². The zero-order chi connectivity index (χ0) is 10.6. The smallest absolute Gasteiger partial charge is 0.240 e. The summed E-state index contributed by atoms with van der Waals surface area (Å²) in [5.74, 6) is 0. The number of imidazole rings is 1. The van der Waals surface area contributed by atoms with Gasteiger partial charge in [0.1, 0.15) is 18.9 Å². The Morgan fingerprint density at radius 2 is 2.14 bits per heavy atom. The van der Waals surface area contributed by atoms with Gasteiger partial charge in [-0.3, -0.25) is 0 Å². The second kappa shape index (κ2) is 4.61. The summed E-state index contributed by atoms with van der Waals surface area (Å²) in [7, 11) is 2.00. The van der Waals surface area contributed by atoms with Crippen LogP contribution in [0.25, 0.3) is 0 Å². The van der Waals surface area contributed by atoms with Crippen LogP contribution in [0.4, 0.5) is 0 Å². The fourth-order valence-corrected chi connectivity index (χ4v) is 1.14. The first-order chi connectivity index (χ1) is 6.58. The van der Waals surface area contributed by atoms with E-state index in [4.69, 9.17) is 0 Å². The number of allylic oxidation sites excluding steroid dienone is 4. The van der Waals surface area contributed by atoms with Crippen LogP contribution in [-0.2, 0) is 13.6 Å². The van der Waals surface area contributed by atoms with E-state index in [0.717, 1.165) is 17.7 Å². The van der Waals surface area contributed by atoms with Crippen molar-refractivity contribution in [2.45, 2.75) is 13.5 Å². The molecule has 14 heavy (non-hydrogen) atoms. The highest BCUT2D eigenvalue weighted by Gasteiger charge is 1.99. The molecule has 0 bridgehead atoms. The van der Waals surface area contributed by atoms with Crippen molar-refractivity contribution in [2.24, 2.45) is 7.05 Å². The molecule has 0 atom stereocenters. The van der Waals surface area contributed by atoms with Gasteiger partial charge in [0.15, 0.2) is 0 Å². The molecule has 1 aromatic rings. The molecule has 0 N–H and O–H groups in total. The van der Waals surface area contributed by atoms with E-state index >= 15 is 0 Å². The van der Waals surface area contributed by atoms with Crippen molar-refractivity contribution in [1.29, 1.82) is 0 Å². The Hall–Kier alpha value is -1.57. The molecule has 1 aromatic heterocycles. The highest BCUT2D eigenvalue weighted by Crippen LogP contribution is 2.00.